The van der Waals surface area contributed by atoms with Crippen molar-refractivity contribution in [2.75, 3.05) is 20.2 Å². The van der Waals surface area contributed by atoms with Crippen LogP contribution in [-0.4, -0.2) is 46.5 Å². The second-order valence-electron chi connectivity index (χ2n) is 8.70. The van der Waals surface area contributed by atoms with Gasteiger partial charge in [0.05, 0.1) is 17.0 Å². The Balaban J connectivity index is 1.71. The molecule has 2 aromatic heterocycles. The number of aromatic nitrogens is 3. The number of aliphatic hydroxyl groups excluding tert-OH is 1. The number of hydrogen-bond acceptors (Lipinski definition) is 7. The molecule has 0 aliphatic heterocycles. The number of nitrogens with zero attached hydrogens (tertiary/aromatic N) is 3. The fraction of sp³-hybridized carbons (Fsp3) is 0.321. The van der Waals surface area contributed by atoms with Gasteiger partial charge in [0.1, 0.15) is 24.2 Å². The van der Waals surface area contributed by atoms with Crippen molar-refractivity contribution in [1.29, 1.82) is 0 Å². The number of hydrogen-bond donors (Lipinski definition) is 2. The van der Waals surface area contributed by atoms with E-state index in [9.17, 15) is 5.11 Å². The average Bonchev–Trinajstić information content (AvgIpc) is 3.20. The van der Waals surface area contributed by atoms with Gasteiger partial charge in [-0.3, -0.25) is 0 Å². The minimum absolute atomic E-state index is 0.200. The highest BCUT2D eigenvalue weighted by Crippen LogP contribution is 2.32. The molecule has 1 atom stereocenters. The van der Waals surface area contributed by atoms with Crippen LogP contribution < -0.4 is 10.1 Å². The zero-order valence-electron chi connectivity index (χ0n) is 20.7. The summed E-state index contributed by atoms with van der Waals surface area (Å²) < 4.78 is 11.3. The molecule has 0 saturated carbocycles. The quantitative estimate of drug-likeness (QED) is 0.352. The van der Waals surface area contributed by atoms with Crippen LogP contribution in [-0.2, 0) is 12.8 Å². The van der Waals surface area contributed by atoms with Crippen molar-refractivity contribution in [2.24, 2.45) is 0 Å². The molecule has 0 aliphatic carbocycles. The first kappa shape index (κ1) is 24.6. The van der Waals surface area contributed by atoms with E-state index in [2.05, 4.69) is 41.7 Å². The van der Waals surface area contributed by atoms with Crippen LogP contribution in [0.2, 0.25) is 0 Å². The summed E-state index contributed by atoms with van der Waals surface area (Å²) in [4.78, 5) is 9.94. The molecule has 0 spiro atoms. The third kappa shape index (κ3) is 5.93. The highest BCUT2D eigenvalue weighted by Gasteiger charge is 2.20. The van der Waals surface area contributed by atoms with E-state index < -0.39 is 6.10 Å². The number of nitrogens with one attached hydrogen (secondary N) is 1. The molecule has 0 fully saturated rings. The zero-order chi connectivity index (χ0) is 24.8. The topological polar surface area (TPSA) is 93.3 Å². The van der Waals surface area contributed by atoms with E-state index in [1.807, 2.05) is 44.2 Å². The van der Waals surface area contributed by atoms with Gasteiger partial charge in [-0.25, -0.2) is 9.97 Å². The van der Waals surface area contributed by atoms with Crippen LogP contribution in [0.3, 0.4) is 0 Å². The largest absolute Gasteiger partial charge is 0.491 e. The molecule has 1 unspecified atom stereocenters. The number of benzene rings is 2. The molecule has 2 heterocycles. The van der Waals surface area contributed by atoms with Gasteiger partial charge in [0.15, 0.2) is 5.82 Å². The molecule has 0 radical (unpaired) electrons. The summed E-state index contributed by atoms with van der Waals surface area (Å²) in [5.74, 6) is 2.02. The minimum Gasteiger partial charge on any atom is -0.491 e. The van der Waals surface area contributed by atoms with Gasteiger partial charge in [-0.05, 0) is 63.9 Å². The SMILES string of the molecule is CNCC(O)COc1cccc(-c2nc(CCc3ccccc3)c(C)c(-c3c(C)noc3C)n2)c1. The number of ether oxygens (including phenoxy) is 1. The number of rotatable bonds is 10. The van der Waals surface area contributed by atoms with Gasteiger partial charge in [-0.15, -0.1) is 0 Å². The van der Waals surface area contributed by atoms with Crippen LogP contribution in [0.1, 0.15) is 28.3 Å². The third-order valence-corrected chi connectivity index (χ3v) is 5.98. The Kier molecular flexibility index (Phi) is 7.90. The van der Waals surface area contributed by atoms with Crippen molar-refractivity contribution in [2.45, 2.75) is 39.7 Å². The van der Waals surface area contributed by atoms with Gasteiger partial charge in [-0.1, -0.05) is 47.6 Å². The molecule has 182 valence electrons. The molecule has 35 heavy (non-hydrogen) atoms. The average molecular weight is 473 g/mol. The van der Waals surface area contributed by atoms with Gasteiger partial charge in [0.2, 0.25) is 0 Å². The first-order chi connectivity index (χ1) is 17.0. The Hall–Kier alpha value is -3.55. The summed E-state index contributed by atoms with van der Waals surface area (Å²) in [7, 11) is 1.80. The van der Waals surface area contributed by atoms with E-state index in [1.54, 1.807) is 7.05 Å². The highest BCUT2D eigenvalue weighted by atomic mass is 16.5. The third-order valence-electron chi connectivity index (χ3n) is 5.98. The second kappa shape index (κ2) is 11.3. The normalized spacial score (nSPS) is 12.0. The lowest BCUT2D eigenvalue weighted by atomic mass is 9.99. The van der Waals surface area contributed by atoms with E-state index in [0.29, 0.717) is 18.1 Å². The Morgan fingerprint density at radius 2 is 1.80 bits per heavy atom. The second-order valence-corrected chi connectivity index (χ2v) is 8.70. The van der Waals surface area contributed by atoms with E-state index in [-0.39, 0.29) is 6.61 Å². The molecule has 4 rings (SSSR count). The maximum atomic E-state index is 9.98. The molecule has 2 N–H and O–H groups in total. The lowest BCUT2D eigenvalue weighted by Crippen LogP contribution is -2.29. The number of aryl methyl sites for hydroxylation is 4. The van der Waals surface area contributed by atoms with Crippen LogP contribution in [0.5, 0.6) is 5.75 Å². The molecule has 0 aliphatic rings. The Morgan fingerprint density at radius 1 is 1.00 bits per heavy atom. The molecule has 4 aromatic rings. The zero-order valence-corrected chi connectivity index (χ0v) is 20.7. The van der Waals surface area contributed by atoms with Crippen LogP contribution in [0.4, 0.5) is 0 Å². The predicted molar refractivity (Wildman–Crippen MR) is 136 cm³/mol. The van der Waals surface area contributed by atoms with Crippen molar-refractivity contribution in [3.8, 4) is 28.4 Å². The van der Waals surface area contributed by atoms with Crippen LogP contribution in [0, 0.1) is 20.8 Å². The molecular formula is C28H32N4O3. The van der Waals surface area contributed by atoms with Crippen LogP contribution >= 0.6 is 0 Å². The van der Waals surface area contributed by atoms with Crippen molar-refractivity contribution in [3.05, 3.63) is 82.9 Å². The Labute approximate surface area is 206 Å². The Bertz CT molecular complexity index is 1250. The summed E-state index contributed by atoms with van der Waals surface area (Å²) in [6, 6.07) is 18.1. The molecule has 7 heteroatoms. The highest BCUT2D eigenvalue weighted by molar-refractivity contribution is 5.71. The molecular weight excluding hydrogens is 440 g/mol. The predicted octanol–water partition coefficient (Wildman–Crippen LogP) is 4.47. The number of likely N-dealkylation sites (N-methyl/N-ethyl adjacent to an activating group) is 1. The maximum absolute atomic E-state index is 9.98. The van der Waals surface area contributed by atoms with Crippen molar-refractivity contribution in [1.82, 2.24) is 20.4 Å². The Morgan fingerprint density at radius 3 is 2.51 bits per heavy atom. The molecule has 7 nitrogen and oxygen atoms in total. The van der Waals surface area contributed by atoms with Gasteiger partial charge in [-0.2, -0.15) is 0 Å². The first-order valence-electron chi connectivity index (χ1n) is 11.9. The molecule has 2 aromatic carbocycles. The summed E-state index contributed by atoms with van der Waals surface area (Å²) >= 11 is 0. The molecule has 0 bridgehead atoms. The van der Waals surface area contributed by atoms with Crippen molar-refractivity contribution < 1.29 is 14.4 Å². The smallest absolute Gasteiger partial charge is 0.160 e. The van der Waals surface area contributed by atoms with E-state index in [1.165, 1.54) is 5.56 Å². The summed E-state index contributed by atoms with van der Waals surface area (Å²) in [5.41, 5.74) is 6.69. The van der Waals surface area contributed by atoms with Gasteiger partial charge in [0, 0.05) is 17.8 Å². The first-order valence-corrected chi connectivity index (χ1v) is 11.9. The molecule has 0 amide bonds. The maximum Gasteiger partial charge on any atom is 0.160 e. The van der Waals surface area contributed by atoms with Crippen LogP contribution in [0.15, 0.2) is 59.1 Å². The van der Waals surface area contributed by atoms with Gasteiger partial charge in [0.25, 0.3) is 0 Å². The van der Waals surface area contributed by atoms with Crippen LogP contribution in [0.25, 0.3) is 22.6 Å². The standard InChI is InChI=1S/C28H32N4O3/c1-18-25(14-13-21-9-6-5-7-10-21)30-28(31-27(18)26-19(2)32-35-20(26)3)22-11-8-12-24(15-22)34-17-23(33)16-29-4/h5-12,15,23,29,33H,13-14,16-17H2,1-4H3. The van der Waals surface area contributed by atoms with Gasteiger partial charge >= 0.3 is 0 Å². The lowest BCUT2D eigenvalue weighted by molar-refractivity contribution is 0.108. The fourth-order valence-corrected chi connectivity index (χ4v) is 4.12. The minimum atomic E-state index is -0.588. The molecule has 0 saturated heterocycles. The fourth-order valence-electron chi connectivity index (χ4n) is 4.12. The van der Waals surface area contributed by atoms with Crippen molar-refractivity contribution >= 4 is 0 Å². The number of aliphatic hydroxyl groups is 1. The van der Waals surface area contributed by atoms with E-state index >= 15 is 0 Å². The summed E-state index contributed by atoms with van der Waals surface area (Å²) in [5, 5.41) is 17.1. The lowest BCUT2D eigenvalue weighted by Gasteiger charge is -2.15. The van der Waals surface area contributed by atoms with Crippen molar-refractivity contribution in [3.63, 3.8) is 0 Å². The van der Waals surface area contributed by atoms with Gasteiger partial charge < -0.3 is 19.7 Å². The van der Waals surface area contributed by atoms with E-state index in [4.69, 9.17) is 19.2 Å². The summed E-state index contributed by atoms with van der Waals surface area (Å²) in [6.07, 6.45) is 1.08. The van der Waals surface area contributed by atoms with E-state index in [0.717, 1.165) is 52.4 Å². The monoisotopic (exact) mass is 472 g/mol. The summed E-state index contributed by atoms with van der Waals surface area (Å²) in [6.45, 7) is 6.57.